The molecule has 0 amide bonds. The number of ketones is 1. The molecule has 2 aromatic rings. The number of phenols is 1. The molecule has 0 saturated carbocycles. The second-order valence-corrected chi connectivity index (χ2v) is 9.88. The summed E-state index contributed by atoms with van der Waals surface area (Å²) < 4.78 is 17.4. The first-order valence-electron chi connectivity index (χ1n) is 8.88. The van der Waals surface area contributed by atoms with Gasteiger partial charge in [-0.1, -0.05) is 26.0 Å². The summed E-state index contributed by atoms with van der Waals surface area (Å²) in [5, 5.41) is 9.96. The monoisotopic (exact) mass is 390 g/mol. The zero-order chi connectivity index (χ0) is 20.4. The highest BCUT2D eigenvalue weighted by atomic mass is 31.2. The molecular formula is C21H27O5P. The highest BCUT2D eigenvalue weighted by Crippen LogP contribution is 2.36. The molecule has 0 saturated heterocycles. The van der Waals surface area contributed by atoms with Gasteiger partial charge in [-0.3, -0.25) is 9.36 Å². The minimum absolute atomic E-state index is 0.122. The summed E-state index contributed by atoms with van der Waals surface area (Å²) in [6, 6.07) is 8.90. The van der Waals surface area contributed by atoms with Gasteiger partial charge < -0.3 is 14.7 Å². The molecule has 0 aromatic heterocycles. The van der Waals surface area contributed by atoms with Crippen LogP contribution in [0.4, 0.5) is 0 Å². The van der Waals surface area contributed by atoms with Gasteiger partial charge in [-0.15, -0.1) is 0 Å². The van der Waals surface area contributed by atoms with Gasteiger partial charge >= 0.3 is 0 Å². The van der Waals surface area contributed by atoms with Crippen molar-refractivity contribution in [2.24, 2.45) is 0 Å². The van der Waals surface area contributed by atoms with Gasteiger partial charge in [0.1, 0.15) is 23.0 Å². The Balaban J connectivity index is 2.24. The molecule has 0 bridgehead atoms. The van der Waals surface area contributed by atoms with E-state index in [1.807, 2.05) is 45.9 Å². The standard InChI is InChI=1S/C21H27O5P/c1-13(2)19-11-18(6-7-20(19)23)26-21-14(3)8-16(9-15(21)4)10-17(22)12-27(5,24)25/h6-9,11,13,23H,10,12H2,1-5H3,(H,24,25). The van der Waals surface area contributed by atoms with Crippen molar-refractivity contribution in [2.75, 3.05) is 12.8 Å². The predicted octanol–water partition coefficient (Wildman–Crippen LogP) is 4.94. The summed E-state index contributed by atoms with van der Waals surface area (Å²) in [6.45, 7) is 9.00. The van der Waals surface area contributed by atoms with Crippen LogP contribution in [0.2, 0.25) is 0 Å². The molecule has 0 spiro atoms. The van der Waals surface area contributed by atoms with Crippen LogP contribution in [-0.4, -0.2) is 28.6 Å². The van der Waals surface area contributed by atoms with Gasteiger partial charge in [-0.25, -0.2) is 0 Å². The smallest absolute Gasteiger partial charge is 0.204 e. The lowest BCUT2D eigenvalue weighted by Crippen LogP contribution is -2.09. The lowest BCUT2D eigenvalue weighted by atomic mass is 10.0. The number of Topliss-reactive ketones (excluding diaryl/α,β-unsaturated/α-hetero) is 1. The van der Waals surface area contributed by atoms with Crippen molar-refractivity contribution >= 4 is 13.2 Å². The number of aromatic hydroxyl groups is 1. The van der Waals surface area contributed by atoms with E-state index in [1.54, 1.807) is 12.1 Å². The van der Waals surface area contributed by atoms with Gasteiger partial charge in [0.15, 0.2) is 0 Å². The maximum absolute atomic E-state index is 12.0. The van der Waals surface area contributed by atoms with Gasteiger partial charge in [0.25, 0.3) is 0 Å². The first-order valence-corrected chi connectivity index (χ1v) is 11.2. The van der Waals surface area contributed by atoms with E-state index in [-0.39, 0.29) is 30.0 Å². The molecule has 0 heterocycles. The van der Waals surface area contributed by atoms with E-state index in [4.69, 9.17) is 4.74 Å². The normalized spacial score (nSPS) is 13.4. The third-order valence-electron chi connectivity index (χ3n) is 4.23. The number of carbonyl (C=O) groups excluding carboxylic acids is 1. The van der Waals surface area contributed by atoms with Crippen LogP contribution >= 0.6 is 7.37 Å². The number of hydrogen-bond donors (Lipinski definition) is 2. The van der Waals surface area contributed by atoms with E-state index in [2.05, 4.69) is 0 Å². The quantitative estimate of drug-likeness (QED) is 0.655. The SMILES string of the molecule is Cc1cc(CC(=O)CP(C)(=O)O)cc(C)c1Oc1ccc(O)c(C(C)C)c1. The van der Waals surface area contributed by atoms with Crippen molar-refractivity contribution in [3.8, 4) is 17.2 Å². The van der Waals surface area contributed by atoms with Crippen LogP contribution in [0.1, 0.15) is 42.0 Å². The van der Waals surface area contributed by atoms with Crippen molar-refractivity contribution in [3.05, 3.63) is 52.6 Å². The van der Waals surface area contributed by atoms with Crippen LogP contribution in [0.15, 0.2) is 30.3 Å². The molecule has 5 nitrogen and oxygen atoms in total. The Morgan fingerprint density at radius 2 is 1.74 bits per heavy atom. The van der Waals surface area contributed by atoms with Crippen molar-refractivity contribution in [1.82, 2.24) is 0 Å². The zero-order valence-electron chi connectivity index (χ0n) is 16.4. The summed E-state index contributed by atoms with van der Waals surface area (Å²) in [5.74, 6) is 1.51. The van der Waals surface area contributed by atoms with E-state index in [0.717, 1.165) is 22.3 Å². The fourth-order valence-corrected chi connectivity index (χ4v) is 3.86. The van der Waals surface area contributed by atoms with Gasteiger partial charge in [-0.05, 0) is 54.7 Å². The lowest BCUT2D eigenvalue weighted by molar-refractivity contribution is -0.116. The predicted molar refractivity (Wildman–Crippen MR) is 108 cm³/mol. The van der Waals surface area contributed by atoms with E-state index in [0.29, 0.717) is 11.5 Å². The van der Waals surface area contributed by atoms with Crippen LogP contribution < -0.4 is 4.74 Å². The molecule has 0 aliphatic carbocycles. The number of hydrogen-bond acceptors (Lipinski definition) is 4. The van der Waals surface area contributed by atoms with Gasteiger partial charge in [0.05, 0.1) is 6.16 Å². The van der Waals surface area contributed by atoms with E-state index >= 15 is 0 Å². The van der Waals surface area contributed by atoms with Crippen molar-refractivity contribution < 1.29 is 24.1 Å². The Morgan fingerprint density at radius 1 is 1.15 bits per heavy atom. The Kier molecular flexibility index (Phi) is 6.50. The largest absolute Gasteiger partial charge is 0.508 e. The molecule has 0 aliphatic heterocycles. The van der Waals surface area contributed by atoms with E-state index in [1.165, 1.54) is 6.66 Å². The van der Waals surface area contributed by atoms with Crippen LogP contribution in [0.5, 0.6) is 17.2 Å². The number of ether oxygens (including phenoxy) is 1. The van der Waals surface area contributed by atoms with Crippen molar-refractivity contribution in [1.29, 1.82) is 0 Å². The highest BCUT2D eigenvalue weighted by Gasteiger charge is 2.18. The zero-order valence-corrected chi connectivity index (χ0v) is 17.3. The molecule has 0 aliphatic rings. The fourth-order valence-electron chi connectivity index (χ4n) is 3.09. The molecule has 2 rings (SSSR count). The van der Waals surface area contributed by atoms with Crippen LogP contribution in [0.3, 0.4) is 0 Å². The number of phenolic OH excluding ortho intramolecular Hbond substituents is 1. The summed E-state index contributed by atoms with van der Waals surface area (Å²) in [4.78, 5) is 21.3. The molecule has 146 valence electrons. The highest BCUT2D eigenvalue weighted by molar-refractivity contribution is 7.58. The first-order chi connectivity index (χ1) is 12.5. The summed E-state index contributed by atoms with van der Waals surface area (Å²) in [5.41, 5.74) is 3.36. The number of carbonyl (C=O) groups is 1. The lowest BCUT2D eigenvalue weighted by Gasteiger charge is -2.16. The minimum Gasteiger partial charge on any atom is -0.508 e. The van der Waals surface area contributed by atoms with Crippen molar-refractivity contribution in [3.63, 3.8) is 0 Å². The average molecular weight is 390 g/mol. The Labute approximate surface area is 160 Å². The second-order valence-electron chi connectivity index (χ2n) is 7.46. The van der Waals surface area contributed by atoms with E-state index < -0.39 is 7.37 Å². The number of aryl methyl sites for hydroxylation is 2. The van der Waals surface area contributed by atoms with Crippen LogP contribution in [-0.2, 0) is 15.8 Å². The van der Waals surface area contributed by atoms with Gasteiger partial charge in [-0.2, -0.15) is 0 Å². The van der Waals surface area contributed by atoms with E-state index in [9.17, 15) is 19.4 Å². The number of rotatable bonds is 7. The molecule has 2 aromatic carbocycles. The maximum atomic E-state index is 12.0. The Bertz CT molecular complexity index is 872. The molecule has 0 radical (unpaired) electrons. The summed E-state index contributed by atoms with van der Waals surface area (Å²) in [7, 11) is -3.35. The first kappa shape index (κ1) is 21.2. The average Bonchev–Trinajstić information content (AvgIpc) is 2.50. The summed E-state index contributed by atoms with van der Waals surface area (Å²) in [6.07, 6.45) is -0.189. The second kappa shape index (κ2) is 8.28. The van der Waals surface area contributed by atoms with Gasteiger partial charge in [0, 0.05) is 18.6 Å². The van der Waals surface area contributed by atoms with Crippen molar-refractivity contribution in [2.45, 2.75) is 40.0 Å². The molecule has 1 atom stereocenters. The molecule has 27 heavy (non-hydrogen) atoms. The molecule has 1 unspecified atom stereocenters. The number of benzene rings is 2. The molecular weight excluding hydrogens is 363 g/mol. The van der Waals surface area contributed by atoms with Crippen LogP contribution in [0, 0.1) is 13.8 Å². The topological polar surface area (TPSA) is 83.8 Å². The Hall–Kier alpha value is -2.10. The third-order valence-corrected chi connectivity index (χ3v) is 5.17. The molecule has 0 fully saturated rings. The van der Waals surface area contributed by atoms with Gasteiger partial charge in [0.2, 0.25) is 7.37 Å². The third kappa shape index (κ3) is 5.95. The maximum Gasteiger partial charge on any atom is 0.204 e. The molecule has 6 heteroatoms. The van der Waals surface area contributed by atoms with Crippen LogP contribution in [0.25, 0.3) is 0 Å². The minimum atomic E-state index is -3.35. The summed E-state index contributed by atoms with van der Waals surface area (Å²) >= 11 is 0. The molecule has 2 N–H and O–H groups in total. The fraction of sp³-hybridized carbons (Fsp3) is 0.381. The Morgan fingerprint density at radius 3 is 2.26 bits per heavy atom.